The van der Waals surface area contributed by atoms with Gasteiger partial charge < -0.3 is 14.4 Å². The first-order valence-corrected chi connectivity index (χ1v) is 6.61. The van der Waals surface area contributed by atoms with Gasteiger partial charge in [-0.05, 0) is 24.8 Å². The summed E-state index contributed by atoms with van der Waals surface area (Å²) in [6.45, 7) is 4.61. The molecule has 0 spiro atoms. The number of hydrogen-bond donors (Lipinski definition) is 1. The minimum atomic E-state index is -0.867. The van der Waals surface area contributed by atoms with Gasteiger partial charge in [-0.3, -0.25) is 9.59 Å². The number of aliphatic carboxylic acids is 1. The van der Waals surface area contributed by atoms with Gasteiger partial charge in [0.1, 0.15) is 0 Å². The zero-order valence-electron chi connectivity index (χ0n) is 11.3. The number of amides is 1. The van der Waals surface area contributed by atoms with Gasteiger partial charge in [0.2, 0.25) is 0 Å². The summed E-state index contributed by atoms with van der Waals surface area (Å²) in [5, 5.41) is 8.89. The molecule has 0 aliphatic carbocycles. The van der Waals surface area contributed by atoms with Crippen LogP contribution in [0.4, 0.5) is 0 Å². The zero-order chi connectivity index (χ0) is 14.0. The Bertz CT molecular complexity index is 478. The van der Waals surface area contributed by atoms with Crippen LogP contribution in [0.1, 0.15) is 55.1 Å². The minimum Gasteiger partial charge on any atom is -0.481 e. The molecule has 5 heteroatoms. The number of carbonyl (C=O) groups excluding carboxylic acids is 1. The lowest BCUT2D eigenvalue weighted by atomic mass is 10.0. The Morgan fingerprint density at radius 3 is 2.89 bits per heavy atom. The molecule has 0 aromatic carbocycles. The number of hydrogen-bond acceptors (Lipinski definition) is 3. The summed E-state index contributed by atoms with van der Waals surface area (Å²) in [5.74, 6) is -0.490. The molecular weight excluding hydrogens is 246 g/mol. The maximum atomic E-state index is 12.5. The van der Waals surface area contributed by atoms with Crippen molar-refractivity contribution in [3.63, 3.8) is 0 Å². The number of rotatable bonds is 4. The molecule has 5 nitrogen and oxygen atoms in total. The highest BCUT2D eigenvalue weighted by Crippen LogP contribution is 2.27. The van der Waals surface area contributed by atoms with Crippen molar-refractivity contribution in [2.24, 2.45) is 0 Å². The topological polar surface area (TPSA) is 70.8 Å². The molecule has 1 aromatic rings. The first-order chi connectivity index (χ1) is 9.00. The van der Waals surface area contributed by atoms with Crippen LogP contribution in [0.25, 0.3) is 0 Å². The lowest BCUT2D eigenvalue weighted by Crippen LogP contribution is -2.37. The van der Waals surface area contributed by atoms with Crippen LogP contribution in [-0.4, -0.2) is 34.5 Å². The molecule has 0 radical (unpaired) electrons. The molecule has 104 valence electrons. The van der Waals surface area contributed by atoms with Gasteiger partial charge in [-0.25, -0.2) is 0 Å². The second-order valence-electron chi connectivity index (χ2n) is 5.25. The van der Waals surface area contributed by atoms with Crippen LogP contribution in [-0.2, 0) is 4.79 Å². The highest BCUT2D eigenvalue weighted by Gasteiger charge is 2.33. The van der Waals surface area contributed by atoms with Crippen molar-refractivity contribution >= 4 is 11.9 Å². The Labute approximate surface area is 112 Å². The number of carboxylic acids is 1. The van der Waals surface area contributed by atoms with Gasteiger partial charge in [-0.1, -0.05) is 13.8 Å². The van der Waals surface area contributed by atoms with E-state index in [1.54, 1.807) is 11.0 Å². The van der Waals surface area contributed by atoms with Crippen molar-refractivity contribution in [2.75, 3.05) is 6.54 Å². The third kappa shape index (κ3) is 2.80. The average molecular weight is 265 g/mol. The largest absolute Gasteiger partial charge is 0.481 e. The van der Waals surface area contributed by atoms with Crippen LogP contribution in [0.2, 0.25) is 0 Å². The molecule has 19 heavy (non-hydrogen) atoms. The van der Waals surface area contributed by atoms with Gasteiger partial charge in [0.25, 0.3) is 5.91 Å². The Hall–Kier alpha value is -1.78. The number of furan rings is 1. The second kappa shape index (κ2) is 5.47. The van der Waals surface area contributed by atoms with Crippen molar-refractivity contribution in [1.29, 1.82) is 0 Å². The lowest BCUT2D eigenvalue weighted by Gasteiger charge is -2.23. The smallest absolute Gasteiger partial charge is 0.305 e. The van der Waals surface area contributed by atoms with E-state index in [1.807, 2.05) is 13.8 Å². The monoisotopic (exact) mass is 265 g/mol. The predicted octanol–water partition coefficient (Wildman–Crippen LogP) is 2.48. The van der Waals surface area contributed by atoms with Gasteiger partial charge in [-0.15, -0.1) is 0 Å². The molecule has 2 rings (SSSR count). The van der Waals surface area contributed by atoms with Gasteiger partial charge in [-0.2, -0.15) is 0 Å². The number of likely N-dealkylation sites (tertiary alicyclic amines) is 1. The fraction of sp³-hybridized carbons (Fsp3) is 0.571. The van der Waals surface area contributed by atoms with Gasteiger partial charge >= 0.3 is 5.97 Å². The molecule has 1 amide bonds. The highest BCUT2D eigenvalue weighted by molar-refractivity contribution is 5.93. The zero-order valence-corrected chi connectivity index (χ0v) is 11.3. The molecule has 1 aliphatic rings. The first-order valence-electron chi connectivity index (χ1n) is 6.61. The predicted molar refractivity (Wildman–Crippen MR) is 69.1 cm³/mol. The summed E-state index contributed by atoms with van der Waals surface area (Å²) in [6.07, 6.45) is 3.12. The molecule has 2 heterocycles. The van der Waals surface area contributed by atoms with Crippen molar-refractivity contribution in [3.8, 4) is 0 Å². The molecule has 1 aromatic heterocycles. The average Bonchev–Trinajstić information content (AvgIpc) is 2.94. The van der Waals surface area contributed by atoms with Gasteiger partial charge in [0.05, 0.1) is 12.7 Å². The van der Waals surface area contributed by atoms with Crippen LogP contribution in [0, 0.1) is 0 Å². The van der Waals surface area contributed by atoms with Crippen molar-refractivity contribution in [1.82, 2.24) is 4.90 Å². The number of carboxylic acid groups (broad SMARTS) is 1. The Morgan fingerprint density at radius 2 is 2.26 bits per heavy atom. The molecule has 1 N–H and O–H groups in total. The van der Waals surface area contributed by atoms with E-state index in [0.717, 1.165) is 18.4 Å². The van der Waals surface area contributed by atoms with Gasteiger partial charge in [0, 0.05) is 18.2 Å². The Morgan fingerprint density at radius 1 is 1.53 bits per heavy atom. The summed E-state index contributed by atoms with van der Waals surface area (Å²) >= 11 is 0. The normalized spacial score (nSPS) is 19.1. The molecule has 1 aliphatic heterocycles. The maximum Gasteiger partial charge on any atom is 0.305 e. The van der Waals surface area contributed by atoms with E-state index in [0.29, 0.717) is 12.3 Å². The van der Waals surface area contributed by atoms with E-state index in [9.17, 15) is 9.59 Å². The molecule has 1 atom stereocenters. The summed E-state index contributed by atoms with van der Waals surface area (Å²) in [7, 11) is 0. The van der Waals surface area contributed by atoms with Crippen LogP contribution in [0.5, 0.6) is 0 Å². The Balaban J connectivity index is 2.18. The lowest BCUT2D eigenvalue weighted by molar-refractivity contribution is -0.137. The van der Waals surface area contributed by atoms with E-state index >= 15 is 0 Å². The molecule has 0 bridgehead atoms. The molecular formula is C14H19NO4. The van der Waals surface area contributed by atoms with Crippen LogP contribution < -0.4 is 0 Å². The number of carbonyl (C=O) groups is 2. The summed E-state index contributed by atoms with van der Waals surface area (Å²) in [4.78, 5) is 24.9. The molecule has 1 fully saturated rings. The van der Waals surface area contributed by atoms with E-state index in [2.05, 4.69) is 0 Å². The second-order valence-corrected chi connectivity index (χ2v) is 5.25. The van der Waals surface area contributed by atoms with Crippen LogP contribution in [0.3, 0.4) is 0 Å². The van der Waals surface area contributed by atoms with E-state index < -0.39 is 5.97 Å². The molecule has 0 unspecified atom stereocenters. The van der Waals surface area contributed by atoms with Crippen molar-refractivity contribution in [2.45, 2.75) is 45.1 Å². The quantitative estimate of drug-likeness (QED) is 0.907. The third-order valence-corrected chi connectivity index (χ3v) is 3.56. The molecule has 1 saturated heterocycles. The van der Waals surface area contributed by atoms with E-state index in [-0.39, 0.29) is 24.3 Å². The Kier molecular flexibility index (Phi) is 3.93. The maximum absolute atomic E-state index is 12.5. The van der Waals surface area contributed by atoms with Crippen LogP contribution >= 0.6 is 0 Å². The highest BCUT2D eigenvalue weighted by atomic mass is 16.4. The summed E-state index contributed by atoms with van der Waals surface area (Å²) in [5.41, 5.74) is 0.881. The fourth-order valence-electron chi connectivity index (χ4n) is 2.59. The van der Waals surface area contributed by atoms with E-state index in [4.69, 9.17) is 9.52 Å². The molecule has 0 saturated carbocycles. The third-order valence-electron chi connectivity index (χ3n) is 3.56. The SMILES string of the molecule is CC(C)c1ccoc1C(=O)N1CCC[C@H]1CC(=O)O. The number of nitrogens with zero attached hydrogens (tertiary/aromatic N) is 1. The minimum absolute atomic E-state index is 0.00343. The van der Waals surface area contributed by atoms with Crippen molar-refractivity contribution in [3.05, 3.63) is 23.7 Å². The standard InChI is InChI=1S/C14H19NO4/c1-9(2)11-5-7-19-13(11)14(18)15-6-3-4-10(15)8-12(16)17/h5,7,9-10H,3-4,6,8H2,1-2H3,(H,16,17)/t10-/m0/s1. The first kappa shape index (κ1) is 13.6. The van der Waals surface area contributed by atoms with Crippen LogP contribution in [0.15, 0.2) is 16.7 Å². The van der Waals surface area contributed by atoms with Gasteiger partial charge in [0.15, 0.2) is 5.76 Å². The summed E-state index contributed by atoms with van der Waals surface area (Å²) in [6, 6.07) is 1.59. The fourth-order valence-corrected chi connectivity index (χ4v) is 2.59. The van der Waals surface area contributed by atoms with Crippen molar-refractivity contribution < 1.29 is 19.1 Å². The summed E-state index contributed by atoms with van der Waals surface area (Å²) < 4.78 is 5.31. The van der Waals surface area contributed by atoms with E-state index in [1.165, 1.54) is 6.26 Å².